The predicted molar refractivity (Wildman–Crippen MR) is 99.6 cm³/mol. The van der Waals surface area contributed by atoms with E-state index >= 15 is 0 Å². The van der Waals surface area contributed by atoms with Gasteiger partial charge in [-0.3, -0.25) is 9.89 Å². The molecule has 0 amide bonds. The minimum Gasteiger partial charge on any atom is -0.395 e. The Morgan fingerprint density at radius 2 is 2.29 bits per heavy atom. The summed E-state index contributed by atoms with van der Waals surface area (Å²) in [6, 6.07) is 0.183. The van der Waals surface area contributed by atoms with Crippen molar-refractivity contribution in [2.24, 2.45) is 10.4 Å². The number of hydrogen-bond acceptors (Lipinski definition) is 6. The van der Waals surface area contributed by atoms with Crippen molar-refractivity contribution < 1.29 is 5.11 Å². The van der Waals surface area contributed by atoms with Crippen LogP contribution in [0.4, 0.5) is 0 Å². The van der Waals surface area contributed by atoms with E-state index in [0.717, 1.165) is 25.5 Å². The molecule has 2 N–H and O–H groups in total. The lowest BCUT2D eigenvalue weighted by Gasteiger charge is -2.43. The monoisotopic (exact) mass is 344 g/mol. The summed E-state index contributed by atoms with van der Waals surface area (Å²) >= 11 is 1.84. The summed E-state index contributed by atoms with van der Waals surface area (Å²) in [5, 5.41) is 13.3. The Morgan fingerprint density at radius 3 is 3.12 bits per heavy atom. The zero-order chi connectivity index (χ0) is 16.7. The topological polar surface area (TPSA) is 51.1 Å². The molecular formula is C18H24N4OS. The molecule has 0 aromatic heterocycles. The quantitative estimate of drug-likeness (QED) is 0.796. The average molecular weight is 344 g/mol. The van der Waals surface area contributed by atoms with Crippen LogP contribution in [0.1, 0.15) is 6.92 Å². The number of aliphatic imine (C=N–C) groups is 1. The molecule has 128 valence electrons. The first-order valence-corrected chi connectivity index (χ1v) is 9.32. The molecule has 0 aromatic rings. The Labute approximate surface area is 147 Å². The number of nitrogens with zero attached hydrogens (tertiary/aromatic N) is 3. The van der Waals surface area contributed by atoms with E-state index < -0.39 is 0 Å². The van der Waals surface area contributed by atoms with Gasteiger partial charge in [-0.15, -0.1) is 11.8 Å². The van der Waals surface area contributed by atoms with E-state index in [4.69, 9.17) is 4.99 Å². The Bertz CT molecular complexity index is 681. The van der Waals surface area contributed by atoms with Gasteiger partial charge in [0.1, 0.15) is 11.2 Å². The molecule has 4 aliphatic rings. The maximum Gasteiger partial charge on any atom is 0.116 e. The Balaban J connectivity index is 1.67. The molecule has 0 radical (unpaired) electrons. The molecule has 0 aromatic carbocycles. The highest BCUT2D eigenvalue weighted by Gasteiger charge is 2.45. The van der Waals surface area contributed by atoms with Gasteiger partial charge in [0, 0.05) is 32.0 Å². The molecule has 6 heteroatoms. The normalized spacial score (nSPS) is 35.5. The van der Waals surface area contributed by atoms with Crippen LogP contribution in [0.3, 0.4) is 0 Å². The third kappa shape index (κ3) is 2.53. The van der Waals surface area contributed by atoms with E-state index in [1.807, 2.05) is 24.1 Å². The van der Waals surface area contributed by atoms with Crippen molar-refractivity contribution in [1.82, 2.24) is 15.1 Å². The molecule has 0 bridgehead atoms. The van der Waals surface area contributed by atoms with E-state index in [2.05, 4.69) is 53.5 Å². The van der Waals surface area contributed by atoms with Crippen LogP contribution in [0, 0.1) is 5.41 Å². The fraction of sp³-hybridized carbons (Fsp3) is 0.500. The number of hydrogen-bond donors (Lipinski definition) is 2. The van der Waals surface area contributed by atoms with Gasteiger partial charge in [0.25, 0.3) is 0 Å². The molecule has 0 aliphatic carbocycles. The maximum atomic E-state index is 9.62. The zero-order valence-corrected chi connectivity index (χ0v) is 15.0. The highest BCUT2D eigenvalue weighted by atomic mass is 32.2. The largest absolute Gasteiger partial charge is 0.395 e. The van der Waals surface area contributed by atoms with Crippen LogP contribution in [0.25, 0.3) is 0 Å². The molecule has 4 heterocycles. The minimum atomic E-state index is -0.170. The summed E-state index contributed by atoms with van der Waals surface area (Å²) < 4.78 is 0. The molecule has 1 spiro atoms. The second-order valence-electron chi connectivity index (χ2n) is 6.85. The first-order valence-electron chi connectivity index (χ1n) is 8.44. The molecule has 24 heavy (non-hydrogen) atoms. The summed E-state index contributed by atoms with van der Waals surface area (Å²) in [6.07, 6.45) is 12.9. The van der Waals surface area contributed by atoms with Gasteiger partial charge >= 0.3 is 0 Å². The van der Waals surface area contributed by atoms with Crippen molar-refractivity contribution >= 4 is 18.0 Å². The third-order valence-electron chi connectivity index (χ3n) is 5.31. The molecule has 0 saturated carbocycles. The molecule has 3 atom stereocenters. The van der Waals surface area contributed by atoms with Crippen LogP contribution in [-0.2, 0) is 0 Å². The number of piperazine rings is 1. The Kier molecular flexibility index (Phi) is 4.06. The number of likely N-dealkylation sites (N-methyl/N-ethyl adjacent to an activating group) is 1. The first kappa shape index (κ1) is 16.0. The van der Waals surface area contributed by atoms with Crippen LogP contribution in [0.2, 0.25) is 0 Å². The smallest absolute Gasteiger partial charge is 0.116 e. The second kappa shape index (κ2) is 6.10. The number of dihydropyridines is 1. The van der Waals surface area contributed by atoms with Crippen molar-refractivity contribution in [1.29, 1.82) is 0 Å². The zero-order valence-electron chi connectivity index (χ0n) is 14.1. The maximum absolute atomic E-state index is 9.62. The summed E-state index contributed by atoms with van der Waals surface area (Å²) in [5.74, 6) is 1.13. The molecule has 4 aliphatic heterocycles. The van der Waals surface area contributed by atoms with E-state index in [1.54, 1.807) is 0 Å². The summed E-state index contributed by atoms with van der Waals surface area (Å²) in [5.41, 5.74) is 1.09. The highest BCUT2D eigenvalue weighted by Crippen LogP contribution is 2.53. The van der Waals surface area contributed by atoms with Gasteiger partial charge in [0.15, 0.2) is 0 Å². The van der Waals surface area contributed by atoms with Gasteiger partial charge in [-0.1, -0.05) is 12.2 Å². The average Bonchev–Trinajstić information content (AvgIpc) is 2.78. The van der Waals surface area contributed by atoms with Crippen molar-refractivity contribution in [2.75, 3.05) is 33.3 Å². The van der Waals surface area contributed by atoms with Crippen molar-refractivity contribution in [3.63, 3.8) is 0 Å². The van der Waals surface area contributed by atoms with Crippen molar-refractivity contribution in [2.45, 2.75) is 18.3 Å². The number of thioether (sulfide) groups is 1. The van der Waals surface area contributed by atoms with Gasteiger partial charge in [-0.25, -0.2) is 0 Å². The van der Waals surface area contributed by atoms with Crippen LogP contribution < -0.4 is 5.32 Å². The lowest BCUT2D eigenvalue weighted by Crippen LogP contribution is -2.54. The van der Waals surface area contributed by atoms with E-state index in [0.29, 0.717) is 0 Å². The standard InChI is InChI=1S/C18H24N4OS/c1-13-8-18-9-16(22-7-6-21(2)15(11-22)12-23)20-10-14(18)4-3-5-19-17(18)24-13/h3-5,8-10,15,17,20,23H,6-7,11-12H2,1-2H3. The first-order chi connectivity index (χ1) is 11.6. The number of rotatable bonds is 2. The van der Waals surface area contributed by atoms with E-state index in [1.165, 1.54) is 10.5 Å². The van der Waals surface area contributed by atoms with Gasteiger partial charge in [-0.05, 0) is 36.6 Å². The van der Waals surface area contributed by atoms with Gasteiger partial charge in [0.2, 0.25) is 0 Å². The van der Waals surface area contributed by atoms with Crippen LogP contribution in [0.15, 0.2) is 51.8 Å². The Hall–Kier alpha value is -1.50. The third-order valence-corrected chi connectivity index (χ3v) is 6.54. The van der Waals surface area contributed by atoms with Crippen molar-refractivity contribution in [3.8, 4) is 0 Å². The molecule has 3 unspecified atom stereocenters. The number of allylic oxidation sites excluding steroid dienone is 3. The second-order valence-corrected chi connectivity index (χ2v) is 8.18. The SMILES string of the molecule is CC1=CC23C=C(N4CCN(C)C(CO)C4)NC=C2C=CC=NC3S1. The molecular weight excluding hydrogens is 320 g/mol. The summed E-state index contributed by atoms with van der Waals surface area (Å²) in [6.45, 7) is 5.11. The van der Waals surface area contributed by atoms with E-state index in [9.17, 15) is 5.11 Å². The fourth-order valence-corrected chi connectivity index (χ4v) is 5.06. The van der Waals surface area contributed by atoms with Gasteiger partial charge in [-0.2, -0.15) is 0 Å². The van der Waals surface area contributed by atoms with Gasteiger partial charge < -0.3 is 15.3 Å². The van der Waals surface area contributed by atoms with Crippen LogP contribution in [0.5, 0.6) is 0 Å². The predicted octanol–water partition coefficient (Wildman–Crippen LogP) is 1.53. The van der Waals surface area contributed by atoms with Crippen molar-refractivity contribution in [3.05, 3.63) is 46.8 Å². The lowest BCUT2D eigenvalue weighted by molar-refractivity contribution is 0.0704. The fourth-order valence-electron chi connectivity index (χ4n) is 3.85. The van der Waals surface area contributed by atoms with Crippen LogP contribution in [-0.4, -0.2) is 65.8 Å². The lowest BCUT2D eigenvalue weighted by atomic mass is 9.78. The van der Waals surface area contributed by atoms with Gasteiger partial charge in [0.05, 0.1) is 18.1 Å². The number of nitrogens with one attached hydrogen (secondary N) is 1. The summed E-state index contributed by atoms with van der Waals surface area (Å²) in [4.78, 5) is 10.7. The number of aliphatic hydroxyl groups excluding tert-OH is 1. The molecule has 1 saturated heterocycles. The summed E-state index contributed by atoms with van der Waals surface area (Å²) in [7, 11) is 2.08. The molecule has 5 nitrogen and oxygen atoms in total. The minimum absolute atomic E-state index is 0.164. The Morgan fingerprint density at radius 1 is 1.42 bits per heavy atom. The number of aliphatic hydroxyl groups is 1. The van der Waals surface area contributed by atoms with Crippen LogP contribution >= 0.6 is 11.8 Å². The molecule has 4 rings (SSSR count). The molecule has 1 fully saturated rings. The van der Waals surface area contributed by atoms with E-state index in [-0.39, 0.29) is 23.4 Å². The highest BCUT2D eigenvalue weighted by molar-refractivity contribution is 8.03.